The van der Waals surface area contributed by atoms with Crippen molar-refractivity contribution in [3.63, 3.8) is 0 Å². The van der Waals surface area contributed by atoms with Crippen LogP contribution in [-0.2, 0) is 0 Å². The number of halogens is 1. The third-order valence-electron chi connectivity index (χ3n) is 3.78. The van der Waals surface area contributed by atoms with Crippen molar-refractivity contribution in [1.82, 2.24) is 4.90 Å². The van der Waals surface area contributed by atoms with E-state index in [-0.39, 0.29) is 11.3 Å². The van der Waals surface area contributed by atoms with Crippen molar-refractivity contribution >= 4 is 17.5 Å². The zero-order valence-corrected chi connectivity index (χ0v) is 12.0. The summed E-state index contributed by atoms with van der Waals surface area (Å²) < 4.78 is 0. The van der Waals surface area contributed by atoms with E-state index in [1.165, 1.54) is 0 Å². The first-order chi connectivity index (χ1) is 8.50. The standard InChI is InChI=1S/C15H20ClNO/c1-10-5-4-6-11(2)14(10)15(18)17-8-7-13(16)12(3)9-17/h4-6,12-13H,7-9H2,1-3H3. The molecule has 1 saturated heterocycles. The van der Waals surface area contributed by atoms with Crippen LogP contribution in [0.25, 0.3) is 0 Å². The highest BCUT2D eigenvalue weighted by atomic mass is 35.5. The molecule has 0 bridgehead atoms. The number of carbonyl (C=O) groups is 1. The minimum Gasteiger partial charge on any atom is -0.338 e. The Hall–Kier alpha value is -1.02. The maximum Gasteiger partial charge on any atom is 0.254 e. The predicted octanol–water partition coefficient (Wildman–Crippen LogP) is 3.39. The second kappa shape index (κ2) is 5.31. The van der Waals surface area contributed by atoms with Crippen LogP contribution in [0.1, 0.15) is 34.8 Å². The van der Waals surface area contributed by atoms with E-state index in [1.54, 1.807) is 0 Å². The van der Waals surface area contributed by atoms with E-state index in [4.69, 9.17) is 11.6 Å². The predicted molar refractivity (Wildman–Crippen MR) is 75.2 cm³/mol. The Labute approximate surface area is 114 Å². The molecule has 1 aromatic carbocycles. The maximum absolute atomic E-state index is 12.6. The van der Waals surface area contributed by atoms with Gasteiger partial charge in [-0.2, -0.15) is 0 Å². The molecule has 1 aromatic rings. The van der Waals surface area contributed by atoms with Gasteiger partial charge in [0.2, 0.25) is 0 Å². The third-order valence-corrected chi connectivity index (χ3v) is 4.43. The van der Waals surface area contributed by atoms with Crippen molar-refractivity contribution < 1.29 is 4.79 Å². The Morgan fingerprint density at radius 3 is 2.50 bits per heavy atom. The van der Waals surface area contributed by atoms with Gasteiger partial charge in [0.25, 0.3) is 5.91 Å². The molecule has 2 atom stereocenters. The number of nitrogens with zero attached hydrogens (tertiary/aromatic N) is 1. The zero-order valence-electron chi connectivity index (χ0n) is 11.2. The third kappa shape index (κ3) is 2.54. The summed E-state index contributed by atoms with van der Waals surface area (Å²) in [5.41, 5.74) is 2.97. The number of piperidine rings is 1. The molecule has 2 rings (SSSR count). The number of alkyl halides is 1. The second-order valence-electron chi connectivity index (χ2n) is 5.30. The number of benzene rings is 1. The summed E-state index contributed by atoms with van der Waals surface area (Å²) in [6, 6.07) is 5.99. The maximum atomic E-state index is 12.6. The average molecular weight is 266 g/mol. The molecule has 1 aliphatic rings. The first-order valence-electron chi connectivity index (χ1n) is 6.50. The smallest absolute Gasteiger partial charge is 0.254 e. The summed E-state index contributed by atoms with van der Waals surface area (Å²) in [6.07, 6.45) is 0.888. The van der Waals surface area contributed by atoms with Crippen LogP contribution in [0.5, 0.6) is 0 Å². The van der Waals surface area contributed by atoms with Gasteiger partial charge in [0.1, 0.15) is 0 Å². The van der Waals surface area contributed by atoms with Crippen molar-refractivity contribution in [3.8, 4) is 0 Å². The number of aryl methyl sites for hydroxylation is 2. The monoisotopic (exact) mass is 265 g/mol. The van der Waals surface area contributed by atoms with Gasteiger partial charge in [-0.1, -0.05) is 25.1 Å². The highest BCUT2D eigenvalue weighted by Crippen LogP contribution is 2.24. The molecule has 0 spiro atoms. The molecular weight excluding hydrogens is 246 g/mol. The number of likely N-dealkylation sites (tertiary alicyclic amines) is 1. The number of amides is 1. The molecule has 2 nitrogen and oxygen atoms in total. The normalized spacial score (nSPS) is 24.1. The average Bonchev–Trinajstić information content (AvgIpc) is 2.32. The number of carbonyl (C=O) groups excluding carboxylic acids is 1. The molecule has 0 aliphatic carbocycles. The van der Waals surface area contributed by atoms with Gasteiger partial charge in [0.05, 0.1) is 0 Å². The SMILES string of the molecule is Cc1cccc(C)c1C(=O)N1CCC(Cl)C(C)C1. The molecule has 1 fully saturated rings. The van der Waals surface area contributed by atoms with Gasteiger partial charge in [-0.25, -0.2) is 0 Å². The molecule has 0 radical (unpaired) electrons. The summed E-state index contributed by atoms with van der Waals surface area (Å²) in [6.45, 7) is 7.64. The fraction of sp³-hybridized carbons (Fsp3) is 0.533. The Balaban J connectivity index is 2.22. The van der Waals surface area contributed by atoms with Gasteiger partial charge in [-0.15, -0.1) is 11.6 Å². The Kier molecular flexibility index (Phi) is 3.96. The molecule has 1 amide bonds. The summed E-state index contributed by atoms with van der Waals surface area (Å²) in [4.78, 5) is 14.5. The van der Waals surface area contributed by atoms with Crippen LogP contribution in [0.2, 0.25) is 0 Å². The van der Waals surface area contributed by atoms with E-state index in [1.807, 2.05) is 36.9 Å². The molecule has 0 N–H and O–H groups in total. The largest absolute Gasteiger partial charge is 0.338 e. The lowest BCUT2D eigenvalue weighted by Gasteiger charge is -2.34. The van der Waals surface area contributed by atoms with Gasteiger partial charge in [0.15, 0.2) is 0 Å². The first-order valence-corrected chi connectivity index (χ1v) is 6.94. The van der Waals surface area contributed by atoms with E-state index in [9.17, 15) is 4.79 Å². The highest BCUT2D eigenvalue weighted by Gasteiger charge is 2.28. The van der Waals surface area contributed by atoms with Gasteiger partial charge < -0.3 is 4.90 Å². The van der Waals surface area contributed by atoms with Gasteiger partial charge >= 0.3 is 0 Å². The minimum absolute atomic E-state index is 0.154. The lowest BCUT2D eigenvalue weighted by molar-refractivity contribution is 0.0685. The van der Waals surface area contributed by atoms with E-state index in [0.29, 0.717) is 5.92 Å². The molecule has 1 aliphatic heterocycles. The molecule has 18 heavy (non-hydrogen) atoms. The van der Waals surface area contributed by atoms with Crippen LogP contribution in [0.3, 0.4) is 0 Å². The molecule has 0 aromatic heterocycles. The van der Waals surface area contributed by atoms with Crippen LogP contribution < -0.4 is 0 Å². The molecule has 3 heteroatoms. The van der Waals surface area contributed by atoms with Crippen molar-refractivity contribution in [3.05, 3.63) is 34.9 Å². The minimum atomic E-state index is 0.154. The summed E-state index contributed by atoms with van der Waals surface area (Å²) in [5, 5.41) is 0.201. The summed E-state index contributed by atoms with van der Waals surface area (Å²) in [7, 11) is 0. The fourth-order valence-electron chi connectivity index (χ4n) is 2.61. The first kappa shape index (κ1) is 13.4. The van der Waals surface area contributed by atoms with Crippen molar-refractivity contribution in [2.45, 2.75) is 32.6 Å². The number of hydrogen-bond donors (Lipinski definition) is 0. The van der Waals surface area contributed by atoms with Gasteiger partial charge in [0, 0.05) is 24.0 Å². The lowest BCUT2D eigenvalue weighted by Crippen LogP contribution is -2.43. The van der Waals surface area contributed by atoms with Crippen LogP contribution >= 0.6 is 11.6 Å². The molecule has 2 unspecified atom stereocenters. The van der Waals surface area contributed by atoms with E-state index in [2.05, 4.69) is 6.92 Å². The van der Waals surface area contributed by atoms with E-state index >= 15 is 0 Å². The van der Waals surface area contributed by atoms with E-state index in [0.717, 1.165) is 36.2 Å². The quantitative estimate of drug-likeness (QED) is 0.713. The van der Waals surface area contributed by atoms with Gasteiger partial charge in [-0.3, -0.25) is 4.79 Å². The molecule has 98 valence electrons. The van der Waals surface area contributed by atoms with Crippen LogP contribution in [-0.4, -0.2) is 29.3 Å². The van der Waals surface area contributed by atoms with Crippen LogP contribution in [0.4, 0.5) is 0 Å². The lowest BCUT2D eigenvalue weighted by atomic mass is 9.96. The number of rotatable bonds is 1. The van der Waals surface area contributed by atoms with Crippen molar-refractivity contribution in [2.75, 3.05) is 13.1 Å². The topological polar surface area (TPSA) is 20.3 Å². The zero-order chi connectivity index (χ0) is 13.3. The summed E-state index contributed by atoms with van der Waals surface area (Å²) in [5.74, 6) is 0.523. The molecule has 0 saturated carbocycles. The van der Waals surface area contributed by atoms with Crippen LogP contribution in [0, 0.1) is 19.8 Å². The Bertz CT molecular complexity index is 438. The van der Waals surface area contributed by atoms with Crippen molar-refractivity contribution in [1.29, 1.82) is 0 Å². The van der Waals surface area contributed by atoms with Gasteiger partial charge in [-0.05, 0) is 37.3 Å². The second-order valence-corrected chi connectivity index (χ2v) is 5.86. The Morgan fingerprint density at radius 1 is 1.33 bits per heavy atom. The molecule has 1 heterocycles. The van der Waals surface area contributed by atoms with Crippen LogP contribution in [0.15, 0.2) is 18.2 Å². The van der Waals surface area contributed by atoms with E-state index < -0.39 is 0 Å². The number of hydrogen-bond acceptors (Lipinski definition) is 1. The fourth-order valence-corrected chi connectivity index (χ4v) is 2.79. The Morgan fingerprint density at radius 2 is 1.94 bits per heavy atom. The molecular formula is C15H20ClNO. The highest BCUT2D eigenvalue weighted by molar-refractivity contribution is 6.20. The van der Waals surface area contributed by atoms with Crippen molar-refractivity contribution in [2.24, 2.45) is 5.92 Å². The summed E-state index contributed by atoms with van der Waals surface area (Å²) >= 11 is 6.21.